The minimum atomic E-state index is -0.566. The van der Waals surface area contributed by atoms with E-state index in [2.05, 4.69) is 9.64 Å². The molecule has 0 amide bonds. The van der Waals surface area contributed by atoms with Crippen LogP contribution in [0.1, 0.15) is 13.8 Å². The van der Waals surface area contributed by atoms with Crippen LogP contribution in [0.3, 0.4) is 0 Å². The first-order valence-electron chi connectivity index (χ1n) is 5.14. The van der Waals surface area contributed by atoms with Gasteiger partial charge in [-0.15, -0.1) is 0 Å². The predicted molar refractivity (Wildman–Crippen MR) is 56.5 cm³/mol. The van der Waals surface area contributed by atoms with Crippen molar-refractivity contribution in [2.75, 3.05) is 33.4 Å². The maximum atomic E-state index is 11.1. The van der Waals surface area contributed by atoms with Gasteiger partial charge in [0.1, 0.15) is 6.04 Å². The van der Waals surface area contributed by atoms with Crippen LogP contribution in [-0.2, 0) is 14.3 Å². The number of nitrogens with zero attached hydrogens (tertiary/aromatic N) is 1. The number of hydrogen-bond donors (Lipinski definition) is 1. The van der Waals surface area contributed by atoms with E-state index in [-0.39, 0.29) is 11.6 Å². The molecule has 0 radical (unpaired) electrons. The van der Waals surface area contributed by atoms with Crippen LogP contribution in [-0.4, -0.2) is 55.9 Å². The van der Waals surface area contributed by atoms with Crippen LogP contribution in [0.15, 0.2) is 0 Å². The molecule has 5 heteroatoms. The molecule has 1 aliphatic rings. The number of ether oxygens (including phenoxy) is 2. The van der Waals surface area contributed by atoms with Gasteiger partial charge in [0.15, 0.2) is 0 Å². The number of rotatable bonds is 3. The summed E-state index contributed by atoms with van der Waals surface area (Å²) in [5, 5.41) is 0. The van der Waals surface area contributed by atoms with Crippen LogP contribution >= 0.6 is 0 Å². The first-order valence-corrected chi connectivity index (χ1v) is 5.14. The van der Waals surface area contributed by atoms with Crippen molar-refractivity contribution in [3.8, 4) is 0 Å². The van der Waals surface area contributed by atoms with Crippen molar-refractivity contribution in [2.45, 2.75) is 25.5 Å². The number of morpholine rings is 1. The number of esters is 1. The van der Waals surface area contributed by atoms with E-state index in [9.17, 15) is 4.79 Å². The molecule has 5 nitrogen and oxygen atoms in total. The lowest BCUT2D eigenvalue weighted by atomic mass is 10.1. The fraction of sp³-hybridized carbons (Fsp3) is 0.900. The fourth-order valence-electron chi connectivity index (χ4n) is 1.77. The maximum Gasteiger partial charge on any atom is 0.323 e. The van der Waals surface area contributed by atoms with E-state index in [0.717, 1.165) is 13.1 Å². The van der Waals surface area contributed by atoms with Crippen molar-refractivity contribution in [1.82, 2.24) is 4.90 Å². The zero-order chi connectivity index (χ0) is 11.5. The topological polar surface area (TPSA) is 64.8 Å². The van der Waals surface area contributed by atoms with E-state index in [4.69, 9.17) is 10.5 Å². The number of carbonyl (C=O) groups excluding carboxylic acids is 1. The van der Waals surface area contributed by atoms with Gasteiger partial charge in [-0.1, -0.05) is 0 Å². The molecular weight excluding hydrogens is 196 g/mol. The molecule has 0 saturated carbocycles. The van der Waals surface area contributed by atoms with E-state index < -0.39 is 6.04 Å². The second kappa shape index (κ2) is 4.92. The third kappa shape index (κ3) is 3.77. The zero-order valence-corrected chi connectivity index (χ0v) is 9.66. The summed E-state index contributed by atoms with van der Waals surface area (Å²) in [6.45, 7) is 6.87. The molecule has 1 rings (SSSR count). The lowest BCUT2D eigenvalue weighted by Crippen LogP contribution is -2.53. The average molecular weight is 216 g/mol. The molecule has 1 saturated heterocycles. The lowest BCUT2D eigenvalue weighted by Gasteiger charge is -2.38. The zero-order valence-electron chi connectivity index (χ0n) is 9.66. The Hall–Kier alpha value is -0.650. The summed E-state index contributed by atoms with van der Waals surface area (Å²) >= 11 is 0. The van der Waals surface area contributed by atoms with Crippen LogP contribution in [0.2, 0.25) is 0 Å². The first kappa shape index (κ1) is 12.4. The molecule has 0 aromatic rings. The van der Waals surface area contributed by atoms with E-state index in [0.29, 0.717) is 13.2 Å². The number of nitrogens with two attached hydrogens (primary N) is 1. The first-order chi connectivity index (χ1) is 6.94. The standard InChI is InChI=1S/C10H20N2O3/c1-10(2)7-12(4-5-15-10)6-8(11)9(13)14-3/h8H,4-7,11H2,1-3H3. The van der Waals surface area contributed by atoms with Gasteiger partial charge in [-0.3, -0.25) is 9.69 Å². The van der Waals surface area contributed by atoms with Gasteiger partial charge in [-0.2, -0.15) is 0 Å². The second-order valence-corrected chi connectivity index (χ2v) is 4.47. The summed E-state index contributed by atoms with van der Waals surface area (Å²) in [5.74, 6) is -0.362. The van der Waals surface area contributed by atoms with Gasteiger partial charge in [0.2, 0.25) is 0 Å². The SMILES string of the molecule is COC(=O)C(N)CN1CCOC(C)(C)C1. The Balaban J connectivity index is 2.41. The molecule has 0 spiro atoms. The van der Waals surface area contributed by atoms with Crippen molar-refractivity contribution in [2.24, 2.45) is 5.73 Å². The lowest BCUT2D eigenvalue weighted by molar-refractivity contribution is -0.144. The third-order valence-electron chi connectivity index (χ3n) is 2.46. The highest BCUT2D eigenvalue weighted by Crippen LogP contribution is 2.16. The van der Waals surface area contributed by atoms with Crippen molar-refractivity contribution in [3.63, 3.8) is 0 Å². The predicted octanol–water partition coefficient (Wildman–Crippen LogP) is -0.402. The van der Waals surface area contributed by atoms with Crippen LogP contribution in [0.25, 0.3) is 0 Å². The van der Waals surface area contributed by atoms with Gasteiger partial charge >= 0.3 is 5.97 Å². The smallest absolute Gasteiger partial charge is 0.323 e. The normalized spacial score (nSPS) is 23.5. The van der Waals surface area contributed by atoms with Gasteiger partial charge in [0.25, 0.3) is 0 Å². The molecule has 1 atom stereocenters. The second-order valence-electron chi connectivity index (χ2n) is 4.47. The van der Waals surface area contributed by atoms with Gasteiger partial charge in [-0.05, 0) is 13.8 Å². The molecule has 1 heterocycles. The molecule has 1 unspecified atom stereocenters. The molecule has 0 aliphatic carbocycles. The van der Waals surface area contributed by atoms with E-state index in [1.54, 1.807) is 0 Å². The molecule has 0 aromatic heterocycles. The molecular formula is C10H20N2O3. The highest BCUT2D eigenvalue weighted by molar-refractivity contribution is 5.75. The summed E-state index contributed by atoms with van der Waals surface area (Å²) < 4.78 is 10.1. The Morgan fingerprint density at radius 3 is 2.87 bits per heavy atom. The summed E-state index contributed by atoms with van der Waals surface area (Å²) in [5.41, 5.74) is 5.53. The third-order valence-corrected chi connectivity index (χ3v) is 2.46. The van der Waals surface area contributed by atoms with Crippen LogP contribution in [0.5, 0.6) is 0 Å². The molecule has 2 N–H and O–H groups in total. The largest absolute Gasteiger partial charge is 0.468 e. The van der Waals surface area contributed by atoms with E-state index in [1.807, 2.05) is 13.8 Å². The fourth-order valence-corrected chi connectivity index (χ4v) is 1.77. The number of methoxy groups -OCH3 is 1. The van der Waals surface area contributed by atoms with Crippen molar-refractivity contribution in [1.29, 1.82) is 0 Å². The summed E-state index contributed by atoms with van der Waals surface area (Å²) in [6, 6.07) is -0.566. The van der Waals surface area contributed by atoms with Crippen LogP contribution < -0.4 is 5.73 Å². The molecule has 1 aliphatic heterocycles. The Labute approximate surface area is 90.5 Å². The molecule has 15 heavy (non-hydrogen) atoms. The highest BCUT2D eigenvalue weighted by Gasteiger charge is 2.29. The van der Waals surface area contributed by atoms with Gasteiger partial charge in [-0.25, -0.2) is 0 Å². The summed E-state index contributed by atoms with van der Waals surface area (Å²) in [4.78, 5) is 13.3. The molecule has 0 bridgehead atoms. The monoisotopic (exact) mass is 216 g/mol. The van der Waals surface area contributed by atoms with Crippen LogP contribution in [0.4, 0.5) is 0 Å². The van der Waals surface area contributed by atoms with Crippen LogP contribution in [0, 0.1) is 0 Å². The maximum absolute atomic E-state index is 11.1. The average Bonchev–Trinajstić information content (AvgIpc) is 2.14. The quantitative estimate of drug-likeness (QED) is 0.650. The highest BCUT2D eigenvalue weighted by atomic mass is 16.5. The van der Waals surface area contributed by atoms with E-state index in [1.165, 1.54) is 7.11 Å². The van der Waals surface area contributed by atoms with Gasteiger partial charge in [0.05, 0.1) is 19.3 Å². The molecule has 0 aromatic carbocycles. The molecule has 88 valence electrons. The van der Waals surface area contributed by atoms with Gasteiger partial charge in [0, 0.05) is 19.6 Å². The minimum Gasteiger partial charge on any atom is -0.468 e. The Bertz CT molecular complexity index is 231. The number of hydrogen-bond acceptors (Lipinski definition) is 5. The Morgan fingerprint density at radius 2 is 2.33 bits per heavy atom. The minimum absolute atomic E-state index is 0.159. The Morgan fingerprint density at radius 1 is 1.67 bits per heavy atom. The molecule has 1 fully saturated rings. The van der Waals surface area contributed by atoms with Gasteiger partial charge < -0.3 is 15.2 Å². The Kier molecular flexibility index (Phi) is 4.07. The summed E-state index contributed by atoms with van der Waals surface area (Å²) in [7, 11) is 1.35. The number of carbonyl (C=O) groups is 1. The van der Waals surface area contributed by atoms with Crippen molar-refractivity contribution in [3.05, 3.63) is 0 Å². The summed E-state index contributed by atoms with van der Waals surface area (Å²) in [6.07, 6.45) is 0. The van der Waals surface area contributed by atoms with Crippen molar-refractivity contribution >= 4 is 5.97 Å². The van der Waals surface area contributed by atoms with E-state index >= 15 is 0 Å². The van der Waals surface area contributed by atoms with Crippen molar-refractivity contribution < 1.29 is 14.3 Å².